The monoisotopic (exact) mass is 368 g/mol. The summed E-state index contributed by atoms with van der Waals surface area (Å²) in [6.45, 7) is 3.52. The number of fused-ring (bicyclic) bond motifs is 1. The van der Waals surface area contributed by atoms with E-state index in [1.165, 1.54) is 0 Å². The van der Waals surface area contributed by atoms with Gasteiger partial charge in [0.2, 0.25) is 0 Å². The van der Waals surface area contributed by atoms with E-state index in [0.29, 0.717) is 22.7 Å². The smallest absolute Gasteiger partial charge is 0.269 e. The Hall–Kier alpha value is -3.55. The van der Waals surface area contributed by atoms with Crippen molar-refractivity contribution in [2.45, 2.75) is 19.9 Å². The van der Waals surface area contributed by atoms with Crippen molar-refractivity contribution in [1.82, 2.24) is 10.9 Å². The van der Waals surface area contributed by atoms with Crippen LogP contribution in [0.15, 0.2) is 42.5 Å². The number of amides is 3. The van der Waals surface area contributed by atoms with Crippen molar-refractivity contribution in [2.75, 3.05) is 17.2 Å². The summed E-state index contributed by atoms with van der Waals surface area (Å²) in [6, 6.07) is 11.6. The second-order valence-corrected chi connectivity index (χ2v) is 6.23. The summed E-state index contributed by atoms with van der Waals surface area (Å²) in [7, 11) is 0. The average Bonchev–Trinajstić information content (AvgIpc) is 2.65. The van der Waals surface area contributed by atoms with Crippen molar-refractivity contribution < 1.29 is 19.1 Å². The molecule has 8 heteroatoms. The molecular formula is C19H20N4O4. The van der Waals surface area contributed by atoms with Crippen LogP contribution in [-0.2, 0) is 9.59 Å². The molecule has 4 N–H and O–H groups in total. The predicted molar refractivity (Wildman–Crippen MR) is 100 cm³/mol. The highest BCUT2D eigenvalue weighted by atomic mass is 16.5. The molecule has 0 saturated carbocycles. The number of rotatable bonds is 4. The molecule has 0 fully saturated rings. The van der Waals surface area contributed by atoms with Crippen molar-refractivity contribution >= 4 is 29.1 Å². The van der Waals surface area contributed by atoms with E-state index in [4.69, 9.17) is 4.74 Å². The Balaban J connectivity index is 1.55. The molecule has 0 unspecified atom stereocenters. The van der Waals surface area contributed by atoms with Gasteiger partial charge in [-0.05, 0) is 44.2 Å². The van der Waals surface area contributed by atoms with Gasteiger partial charge >= 0.3 is 0 Å². The first-order valence-electron chi connectivity index (χ1n) is 8.42. The number of anilines is 2. The van der Waals surface area contributed by atoms with E-state index in [0.717, 1.165) is 5.56 Å². The second kappa shape index (κ2) is 7.77. The molecule has 1 atom stereocenters. The van der Waals surface area contributed by atoms with E-state index in [9.17, 15) is 14.4 Å². The summed E-state index contributed by atoms with van der Waals surface area (Å²) in [5, 5.41) is 5.71. The molecule has 8 nitrogen and oxygen atoms in total. The number of benzene rings is 2. The number of nitrogens with one attached hydrogen (secondary N) is 4. The van der Waals surface area contributed by atoms with Gasteiger partial charge in [-0.25, -0.2) is 0 Å². The highest BCUT2D eigenvalue weighted by Crippen LogP contribution is 2.30. The molecule has 0 spiro atoms. The molecule has 2 aromatic carbocycles. The van der Waals surface area contributed by atoms with Gasteiger partial charge in [0.1, 0.15) is 11.8 Å². The van der Waals surface area contributed by atoms with Crippen LogP contribution in [0, 0.1) is 6.92 Å². The Bertz CT molecular complexity index is 897. The zero-order valence-corrected chi connectivity index (χ0v) is 15.0. The fourth-order valence-corrected chi connectivity index (χ4v) is 2.57. The molecule has 1 aliphatic heterocycles. The van der Waals surface area contributed by atoms with Gasteiger partial charge in [-0.1, -0.05) is 17.7 Å². The van der Waals surface area contributed by atoms with E-state index >= 15 is 0 Å². The highest BCUT2D eigenvalue weighted by molar-refractivity contribution is 5.97. The largest absolute Gasteiger partial charge is 0.482 e. The molecule has 1 heterocycles. The minimum atomic E-state index is -0.624. The first-order chi connectivity index (χ1) is 12.9. The van der Waals surface area contributed by atoms with Crippen LogP contribution in [0.3, 0.4) is 0 Å². The highest BCUT2D eigenvalue weighted by Gasteiger charge is 2.18. The van der Waals surface area contributed by atoms with Crippen LogP contribution in [0.1, 0.15) is 22.8 Å². The topological polar surface area (TPSA) is 109 Å². The molecule has 27 heavy (non-hydrogen) atoms. The quantitative estimate of drug-likeness (QED) is 0.613. The van der Waals surface area contributed by atoms with Gasteiger partial charge in [0.15, 0.2) is 6.61 Å². The number of carbonyl (C=O) groups is 3. The average molecular weight is 368 g/mol. The molecule has 0 bridgehead atoms. The van der Waals surface area contributed by atoms with Gasteiger partial charge in [0, 0.05) is 11.3 Å². The molecule has 0 aromatic heterocycles. The van der Waals surface area contributed by atoms with E-state index in [2.05, 4.69) is 21.5 Å². The third kappa shape index (κ3) is 4.55. The van der Waals surface area contributed by atoms with Crippen LogP contribution in [-0.4, -0.2) is 30.4 Å². The number of carbonyl (C=O) groups excluding carboxylic acids is 3. The maximum atomic E-state index is 12.2. The SMILES string of the molecule is Cc1cccc(C(=O)NNC(=O)[C@H](C)Nc2ccc3c(c2)NC(=O)CO3)c1. The van der Waals surface area contributed by atoms with Gasteiger partial charge in [-0.3, -0.25) is 25.2 Å². The van der Waals surface area contributed by atoms with E-state index < -0.39 is 17.9 Å². The van der Waals surface area contributed by atoms with Crippen molar-refractivity contribution in [1.29, 1.82) is 0 Å². The molecule has 0 saturated heterocycles. The minimum Gasteiger partial charge on any atom is -0.482 e. The molecule has 0 aliphatic carbocycles. The summed E-state index contributed by atoms with van der Waals surface area (Å²) in [5.41, 5.74) is 7.37. The van der Waals surface area contributed by atoms with E-state index in [-0.39, 0.29) is 12.5 Å². The standard InChI is InChI=1S/C19H20N4O4/c1-11-4-3-5-13(8-11)19(26)23-22-18(25)12(2)20-14-6-7-16-15(9-14)21-17(24)10-27-16/h3-9,12,20H,10H2,1-2H3,(H,21,24)(H,22,25)(H,23,26)/t12-/m0/s1. The molecule has 140 valence electrons. The first kappa shape index (κ1) is 18.2. The molecule has 2 aromatic rings. The van der Waals surface area contributed by atoms with Gasteiger partial charge in [0.25, 0.3) is 17.7 Å². The first-order valence-corrected chi connectivity index (χ1v) is 8.42. The summed E-state index contributed by atoms with van der Waals surface area (Å²) >= 11 is 0. The molecule has 3 rings (SSSR count). The lowest BCUT2D eigenvalue weighted by atomic mass is 10.1. The predicted octanol–water partition coefficient (Wildman–Crippen LogP) is 1.59. The Kier molecular flexibility index (Phi) is 5.25. The summed E-state index contributed by atoms with van der Waals surface area (Å²) in [6.07, 6.45) is 0. The van der Waals surface area contributed by atoms with Crippen LogP contribution >= 0.6 is 0 Å². The second-order valence-electron chi connectivity index (χ2n) is 6.23. The molecule has 1 aliphatic rings. The zero-order valence-electron chi connectivity index (χ0n) is 15.0. The van der Waals surface area contributed by atoms with E-state index in [1.807, 2.05) is 13.0 Å². The van der Waals surface area contributed by atoms with Gasteiger partial charge in [-0.15, -0.1) is 0 Å². The van der Waals surface area contributed by atoms with Crippen molar-refractivity contribution in [3.05, 3.63) is 53.6 Å². The number of ether oxygens (including phenoxy) is 1. The van der Waals surface area contributed by atoms with Crippen LogP contribution < -0.4 is 26.2 Å². The van der Waals surface area contributed by atoms with Crippen LogP contribution in [0.5, 0.6) is 5.75 Å². The Morgan fingerprint density at radius 1 is 1.15 bits per heavy atom. The summed E-state index contributed by atoms with van der Waals surface area (Å²) in [5.74, 6) is -0.464. The van der Waals surface area contributed by atoms with Crippen LogP contribution in [0.4, 0.5) is 11.4 Å². The van der Waals surface area contributed by atoms with Gasteiger partial charge < -0.3 is 15.4 Å². The lowest BCUT2D eigenvalue weighted by Gasteiger charge is -2.20. The Morgan fingerprint density at radius 2 is 1.96 bits per heavy atom. The third-order valence-corrected chi connectivity index (χ3v) is 3.97. The van der Waals surface area contributed by atoms with Gasteiger partial charge in [-0.2, -0.15) is 0 Å². The maximum Gasteiger partial charge on any atom is 0.269 e. The number of hydrazine groups is 1. The van der Waals surface area contributed by atoms with Crippen molar-refractivity contribution in [3.63, 3.8) is 0 Å². The summed E-state index contributed by atoms with van der Waals surface area (Å²) in [4.78, 5) is 35.7. The lowest BCUT2D eigenvalue weighted by Crippen LogP contribution is -2.47. The maximum absolute atomic E-state index is 12.2. The summed E-state index contributed by atoms with van der Waals surface area (Å²) < 4.78 is 5.29. The van der Waals surface area contributed by atoms with Crippen LogP contribution in [0.25, 0.3) is 0 Å². The lowest BCUT2D eigenvalue weighted by molar-refractivity contribution is -0.122. The molecular weight excluding hydrogens is 348 g/mol. The number of hydrogen-bond donors (Lipinski definition) is 4. The van der Waals surface area contributed by atoms with E-state index in [1.54, 1.807) is 43.3 Å². The molecule has 3 amide bonds. The minimum absolute atomic E-state index is 0.0147. The fourth-order valence-electron chi connectivity index (χ4n) is 2.57. The van der Waals surface area contributed by atoms with Crippen molar-refractivity contribution in [2.24, 2.45) is 0 Å². The zero-order chi connectivity index (χ0) is 19.4. The third-order valence-electron chi connectivity index (χ3n) is 3.97. The Labute approximate surface area is 156 Å². The van der Waals surface area contributed by atoms with Gasteiger partial charge in [0.05, 0.1) is 5.69 Å². The number of aryl methyl sites for hydroxylation is 1. The van der Waals surface area contributed by atoms with Crippen LogP contribution in [0.2, 0.25) is 0 Å². The number of hydrogen-bond acceptors (Lipinski definition) is 5. The Morgan fingerprint density at radius 3 is 2.74 bits per heavy atom. The fraction of sp³-hybridized carbons (Fsp3) is 0.211. The normalized spacial score (nSPS) is 13.5. The van der Waals surface area contributed by atoms with Crippen molar-refractivity contribution in [3.8, 4) is 5.75 Å². The molecule has 0 radical (unpaired) electrons.